The van der Waals surface area contributed by atoms with Crippen LogP contribution in [0.1, 0.15) is 42.5 Å². The molecule has 0 atom stereocenters. The van der Waals surface area contributed by atoms with E-state index in [1.165, 1.54) is 12.0 Å². The van der Waals surface area contributed by atoms with Crippen molar-refractivity contribution in [3.05, 3.63) is 22.8 Å². The highest BCUT2D eigenvalue weighted by atomic mass is 14.9. The van der Waals surface area contributed by atoms with Gasteiger partial charge in [-0.05, 0) is 58.7 Å². The minimum atomic E-state index is 0.878. The van der Waals surface area contributed by atoms with Gasteiger partial charge >= 0.3 is 0 Å². The van der Waals surface area contributed by atoms with Crippen LogP contribution in [0.3, 0.4) is 0 Å². The summed E-state index contributed by atoms with van der Waals surface area (Å²) in [7, 11) is 0. The van der Waals surface area contributed by atoms with Gasteiger partial charge in [0.05, 0.1) is 0 Å². The van der Waals surface area contributed by atoms with Crippen LogP contribution in [0.4, 0.5) is 0 Å². The fourth-order valence-electron chi connectivity index (χ4n) is 1.96. The molecule has 0 saturated heterocycles. The van der Waals surface area contributed by atoms with Crippen molar-refractivity contribution in [3.63, 3.8) is 0 Å². The molecule has 1 aromatic rings. The Kier molecular flexibility index (Phi) is 5.39. The van der Waals surface area contributed by atoms with E-state index in [4.69, 9.17) is 0 Å². The normalized spacial score (nSPS) is 10.8. The Balaban J connectivity index is 2.47. The van der Waals surface area contributed by atoms with Crippen molar-refractivity contribution < 1.29 is 0 Å². The molecule has 0 aliphatic carbocycles. The van der Waals surface area contributed by atoms with Gasteiger partial charge < -0.3 is 5.32 Å². The molecule has 0 fully saturated rings. The standard InChI is InChI=1S/C13H23N3/c1-5-8-14-9-6-7-13-10(2)15-12(4)16-11(13)3/h14H,5-9H2,1-4H3. The number of nitrogens with one attached hydrogen (secondary N) is 1. The Morgan fingerprint density at radius 1 is 1.00 bits per heavy atom. The highest BCUT2D eigenvalue weighted by molar-refractivity contribution is 5.24. The average Bonchev–Trinajstić information content (AvgIpc) is 2.20. The number of rotatable bonds is 6. The molecule has 1 rings (SSSR count). The maximum Gasteiger partial charge on any atom is 0.125 e. The van der Waals surface area contributed by atoms with E-state index in [0.29, 0.717) is 0 Å². The van der Waals surface area contributed by atoms with E-state index < -0.39 is 0 Å². The number of hydrogen-bond donors (Lipinski definition) is 1. The zero-order chi connectivity index (χ0) is 12.0. The second-order valence-corrected chi connectivity index (χ2v) is 4.27. The average molecular weight is 221 g/mol. The van der Waals surface area contributed by atoms with Crippen LogP contribution < -0.4 is 5.32 Å². The zero-order valence-corrected chi connectivity index (χ0v) is 10.9. The molecule has 3 heteroatoms. The van der Waals surface area contributed by atoms with Gasteiger partial charge in [-0.3, -0.25) is 0 Å². The lowest BCUT2D eigenvalue weighted by atomic mass is 10.1. The summed E-state index contributed by atoms with van der Waals surface area (Å²) in [5, 5.41) is 3.41. The lowest BCUT2D eigenvalue weighted by Gasteiger charge is -2.09. The SMILES string of the molecule is CCCNCCCc1c(C)nc(C)nc1C. The molecular weight excluding hydrogens is 198 g/mol. The minimum Gasteiger partial charge on any atom is -0.317 e. The summed E-state index contributed by atoms with van der Waals surface area (Å²) in [4.78, 5) is 8.84. The van der Waals surface area contributed by atoms with Crippen molar-refractivity contribution in [2.75, 3.05) is 13.1 Å². The summed E-state index contributed by atoms with van der Waals surface area (Å²) in [5.41, 5.74) is 3.60. The number of aromatic nitrogens is 2. The van der Waals surface area contributed by atoms with E-state index in [1.54, 1.807) is 0 Å². The van der Waals surface area contributed by atoms with Crippen LogP contribution in [0.15, 0.2) is 0 Å². The maximum atomic E-state index is 4.42. The molecule has 0 spiro atoms. The molecule has 1 N–H and O–H groups in total. The molecule has 0 bridgehead atoms. The third kappa shape index (κ3) is 3.89. The van der Waals surface area contributed by atoms with Gasteiger partial charge in [-0.25, -0.2) is 9.97 Å². The Hall–Kier alpha value is -0.960. The summed E-state index contributed by atoms with van der Waals surface area (Å²) in [6.45, 7) is 10.5. The molecule has 0 saturated carbocycles. The number of hydrogen-bond acceptors (Lipinski definition) is 3. The molecule has 3 nitrogen and oxygen atoms in total. The Labute approximate surface area is 98.7 Å². The van der Waals surface area contributed by atoms with Crippen LogP contribution in [0.5, 0.6) is 0 Å². The fraction of sp³-hybridized carbons (Fsp3) is 0.692. The van der Waals surface area contributed by atoms with Crippen molar-refractivity contribution in [3.8, 4) is 0 Å². The molecule has 0 aliphatic rings. The second-order valence-electron chi connectivity index (χ2n) is 4.27. The largest absolute Gasteiger partial charge is 0.317 e. The van der Waals surface area contributed by atoms with E-state index in [2.05, 4.69) is 36.1 Å². The van der Waals surface area contributed by atoms with Crippen molar-refractivity contribution in [2.24, 2.45) is 0 Å². The predicted molar refractivity (Wildman–Crippen MR) is 67.7 cm³/mol. The molecule has 0 aromatic carbocycles. The number of nitrogens with zero attached hydrogens (tertiary/aromatic N) is 2. The molecule has 0 aliphatic heterocycles. The van der Waals surface area contributed by atoms with Crippen LogP contribution >= 0.6 is 0 Å². The highest BCUT2D eigenvalue weighted by Gasteiger charge is 2.05. The quantitative estimate of drug-likeness (QED) is 0.749. The van der Waals surface area contributed by atoms with Gasteiger partial charge in [0.15, 0.2) is 0 Å². The van der Waals surface area contributed by atoms with Crippen molar-refractivity contribution >= 4 is 0 Å². The first-order chi connectivity index (χ1) is 7.65. The van der Waals surface area contributed by atoms with E-state index in [9.17, 15) is 0 Å². The Morgan fingerprint density at radius 2 is 1.62 bits per heavy atom. The lowest BCUT2D eigenvalue weighted by Crippen LogP contribution is -2.17. The summed E-state index contributed by atoms with van der Waals surface area (Å²) in [5.74, 6) is 0.878. The van der Waals surface area contributed by atoms with Gasteiger partial charge in [0, 0.05) is 11.4 Å². The molecule has 0 amide bonds. The molecular formula is C13H23N3. The predicted octanol–water partition coefficient (Wildman–Crippen LogP) is 2.33. The first-order valence-electron chi connectivity index (χ1n) is 6.16. The lowest BCUT2D eigenvalue weighted by molar-refractivity contribution is 0.636. The summed E-state index contributed by atoms with van der Waals surface area (Å²) < 4.78 is 0. The highest BCUT2D eigenvalue weighted by Crippen LogP contribution is 2.11. The molecule has 90 valence electrons. The van der Waals surface area contributed by atoms with Crippen LogP contribution in [0.2, 0.25) is 0 Å². The van der Waals surface area contributed by atoms with Crippen molar-refractivity contribution in [1.82, 2.24) is 15.3 Å². The van der Waals surface area contributed by atoms with Gasteiger partial charge in [-0.15, -0.1) is 0 Å². The zero-order valence-electron chi connectivity index (χ0n) is 10.9. The molecule has 1 heterocycles. The fourth-order valence-corrected chi connectivity index (χ4v) is 1.96. The summed E-state index contributed by atoms with van der Waals surface area (Å²) >= 11 is 0. The van der Waals surface area contributed by atoms with Crippen molar-refractivity contribution in [2.45, 2.75) is 47.0 Å². The second kappa shape index (κ2) is 6.59. The third-order valence-corrected chi connectivity index (χ3v) is 2.74. The molecule has 0 radical (unpaired) electrons. The summed E-state index contributed by atoms with van der Waals surface area (Å²) in [6.07, 6.45) is 3.44. The first kappa shape index (κ1) is 13.1. The minimum absolute atomic E-state index is 0.878. The molecule has 1 aromatic heterocycles. The van der Waals surface area contributed by atoms with E-state index in [-0.39, 0.29) is 0 Å². The molecule has 16 heavy (non-hydrogen) atoms. The van der Waals surface area contributed by atoms with E-state index in [1.807, 2.05) is 6.92 Å². The van der Waals surface area contributed by atoms with Gasteiger partial charge in [0.2, 0.25) is 0 Å². The molecule has 0 unspecified atom stereocenters. The number of aryl methyl sites for hydroxylation is 3. The van der Waals surface area contributed by atoms with Crippen LogP contribution in [-0.2, 0) is 6.42 Å². The van der Waals surface area contributed by atoms with Crippen molar-refractivity contribution in [1.29, 1.82) is 0 Å². The van der Waals surface area contributed by atoms with Gasteiger partial charge in [-0.2, -0.15) is 0 Å². The first-order valence-corrected chi connectivity index (χ1v) is 6.16. The van der Waals surface area contributed by atoms with Gasteiger partial charge in [0.1, 0.15) is 5.82 Å². The van der Waals surface area contributed by atoms with E-state index >= 15 is 0 Å². The van der Waals surface area contributed by atoms with Gasteiger partial charge in [-0.1, -0.05) is 6.92 Å². The third-order valence-electron chi connectivity index (χ3n) is 2.74. The van der Waals surface area contributed by atoms with Crippen LogP contribution in [0, 0.1) is 20.8 Å². The Bertz CT molecular complexity index is 311. The van der Waals surface area contributed by atoms with Gasteiger partial charge in [0.25, 0.3) is 0 Å². The maximum absolute atomic E-state index is 4.42. The smallest absolute Gasteiger partial charge is 0.125 e. The summed E-state index contributed by atoms with van der Waals surface area (Å²) in [6, 6.07) is 0. The van der Waals surface area contributed by atoms with E-state index in [0.717, 1.165) is 43.1 Å². The van der Waals surface area contributed by atoms with Crippen LogP contribution in [0.25, 0.3) is 0 Å². The van der Waals surface area contributed by atoms with Crippen LogP contribution in [-0.4, -0.2) is 23.1 Å². The topological polar surface area (TPSA) is 37.8 Å². The Morgan fingerprint density at radius 3 is 2.19 bits per heavy atom. The monoisotopic (exact) mass is 221 g/mol.